The minimum atomic E-state index is -2.14. The zero-order valence-electron chi connectivity index (χ0n) is 41.0. The average molecular weight is 942 g/mol. The SMILES string of the molecule is CCCCCCCCCCCCCCc1cc[c]([Sb]([c]2ccc(CCCCCCCCCCCCCC)cc2)[c]2ccc(CCCCCCCCCCCCCC)cc2)cc1. The Labute approximate surface area is 389 Å². The molecule has 0 atom stereocenters. The number of rotatable bonds is 42. The van der Waals surface area contributed by atoms with Gasteiger partial charge in [0, 0.05) is 0 Å². The molecule has 0 nitrogen and oxygen atoms in total. The van der Waals surface area contributed by atoms with Crippen LogP contribution in [0.2, 0.25) is 0 Å². The summed E-state index contributed by atoms with van der Waals surface area (Å²) in [6.07, 6.45) is 54.8. The number of benzene rings is 3. The van der Waals surface area contributed by atoms with Gasteiger partial charge in [-0.15, -0.1) is 0 Å². The van der Waals surface area contributed by atoms with Crippen LogP contribution in [0.25, 0.3) is 0 Å². The molecule has 3 aromatic rings. The third-order valence-electron chi connectivity index (χ3n) is 13.5. The summed E-state index contributed by atoms with van der Waals surface area (Å²) in [6.45, 7) is 6.94. The number of aryl methyl sites for hydroxylation is 3. The van der Waals surface area contributed by atoms with Crippen molar-refractivity contribution in [1.82, 2.24) is 0 Å². The van der Waals surface area contributed by atoms with E-state index in [1.807, 2.05) is 0 Å². The van der Waals surface area contributed by atoms with Crippen molar-refractivity contribution in [3.8, 4) is 0 Å². The molecule has 0 aliphatic rings. The summed E-state index contributed by atoms with van der Waals surface area (Å²) in [5.41, 5.74) is 4.60. The molecule has 0 saturated carbocycles. The summed E-state index contributed by atoms with van der Waals surface area (Å²) >= 11 is -2.14. The molecule has 344 valence electrons. The Balaban J connectivity index is 1.46. The van der Waals surface area contributed by atoms with Crippen LogP contribution in [0.1, 0.15) is 269 Å². The molecule has 0 bridgehead atoms. The number of unbranched alkanes of at least 4 members (excludes halogenated alkanes) is 33. The first-order valence-electron chi connectivity index (χ1n) is 27.3. The Morgan fingerprint density at radius 1 is 0.213 bits per heavy atom. The molecule has 1 heteroatoms. The molecular weight excluding hydrogens is 842 g/mol. The molecule has 3 aromatic carbocycles. The first kappa shape index (κ1) is 53.8. The molecule has 0 spiro atoms. The second-order valence-corrected chi connectivity index (χ2v) is 25.6. The van der Waals surface area contributed by atoms with Crippen molar-refractivity contribution in [3.63, 3.8) is 0 Å². The van der Waals surface area contributed by atoms with E-state index in [2.05, 4.69) is 93.6 Å². The normalized spacial score (nSPS) is 11.6. The number of hydrogen-bond donors (Lipinski definition) is 0. The Hall–Kier alpha value is -1.52. The van der Waals surface area contributed by atoms with Gasteiger partial charge >= 0.3 is 274 Å². The fraction of sp³-hybridized carbons (Fsp3) is 0.700. The molecule has 0 saturated heterocycles. The summed E-state index contributed by atoms with van der Waals surface area (Å²) in [6, 6.07) is 30.1. The van der Waals surface area contributed by atoms with Gasteiger partial charge < -0.3 is 0 Å². The second kappa shape index (κ2) is 38.9. The van der Waals surface area contributed by atoms with Crippen molar-refractivity contribution in [3.05, 3.63) is 89.5 Å². The third-order valence-corrected chi connectivity index (χ3v) is 20.5. The van der Waals surface area contributed by atoms with Gasteiger partial charge in [-0.2, -0.15) is 0 Å². The van der Waals surface area contributed by atoms with E-state index in [9.17, 15) is 0 Å². The standard InChI is InChI=1S/3C20H33.Sb/c3*1-2-3-4-5-6-7-8-9-10-11-12-14-17-20-18-15-13-16-19-20;/h3*15-16,18-19H,2-12,14,17H2,1H3;. The van der Waals surface area contributed by atoms with Crippen molar-refractivity contribution in [2.45, 2.75) is 271 Å². The predicted octanol–water partition coefficient (Wildman–Crippen LogP) is 17.9. The van der Waals surface area contributed by atoms with Crippen molar-refractivity contribution >= 4 is 30.7 Å². The molecular formula is C60H99Sb. The molecule has 3 rings (SSSR count). The van der Waals surface area contributed by atoms with E-state index < -0.39 is 20.2 Å². The predicted molar refractivity (Wildman–Crippen MR) is 278 cm³/mol. The van der Waals surface area contributed by atoms with Crippen LogP contribution < -0.4 is 10.5 Å². The zero-order valence-corrected chi connectivity index (χ0v) is 43.5. The van der Waals surface area contributed by atoms with Crippen LogP contribution in [-0.2, 0) is 19.3 Å². The Morgan fingerprint density at radius 3 is 0.557 bits per heavy atom. The van der Waals surface area contributed by atoms with Crippen LogP contribution in [0.5, 0.6) is 0 Å². The molecule has 0 fully saturated rings. The van der Waals surface area contributed by atoms with Gasteiger partial charge in [0.15, 0.2) is 0 Å². The van der Waals surface area contributed by atoms with Gasteiger partial charge in [0.2, 0.25) is 0 Å². The summed E-state index contributed by atoms with van der Waals surface area (Å²) in [5, 5.41) is 0. The van der Waals surface area contributed by atoms with Crippen molar-refractivity contribution in [2.24, 2.45) is 0 Å². The fourth-order valence-electron chi connectivity index (χ4n) is 9.39. The molecule has 0 aliphatic carbocycles. The molecule has 0 radical (unpaired) electrons. The molecule has 0 aliphatic heterocycles. The summed E-state index contributed by atoms with van der Waals surface area (Å²) in [5.74, 6) is 0. The zero-order chi connectivity index (χ0) is 43.1. The quantitative estimate of drug-likeness (QED) is 0.0392. The molecule has 0 amide bonds. The first-order chi connectivity index (χ1) is 30.2. The van der Waals surface area contributed by atoms with Gasteiger partial charge in [-0.3, -0.25) is 0 Å². The van der Waals surface area contributed by atoms with Gasteiger partial charge in [0.1, 0.15) is 0 Å². The first-order valence-corrected chi connectivity index (χ1v) is 31.1. The monoisotopic (exact) mass is 941 g/mol. The van der Waals surface area contributed by atoms with E-state index in [1.165, 1.54) is 267 Å². The van der Waals surface area contributed by atoms with Gasteiger partial charge in [0.25, 0.3) is 0 Å². The molecule has 0 heterocycles. The van der Waals surface area contributed by atoms with E-state index in [-0.39, 0.29) is 0 Å². The van der Waals surface area contributed by atoms with E-state index in [1.54, 1.807) is 10.5 Å². The Morgan fingerprint density at radius 2 is 0.377 bits per heavy atom. The topological polar surface area (TPSA) is 0 Å². The Kier molecular flexibility index (Phi) is 34.3. The van der Waals surface area contributed by atoms with Crippen LogP contribution in [0.4, 0.5) is 0 Å². The molecule has 0 N–H and O–H groups in total. The maximum absolute atomic E-state index is 2.53. The van der Waals surface area contributed by atoms with Crippen molar-refractivity contribution in [2.75, 3.05) is 0 Å². The fourth-order valence-corrected chi connectivity index (χ4v) is 15.8. The van der Waals surface area contributed by atoms with Crippen molar-refractivity contribution < 1.29 is 0 Å². The second-order valence-electron chi connectivity index (χ2n) is 19.3. The van der Waals surface area contributed by atoms with Crippen LogP contribution in [0, 0.1) is 0 Å². The maximum atomic E-state index is 2.53. The third kappa shape index (κ3) is 27.4. The van der Waals surface area contributed by atoms with Crippen LogP contribution in [0.3, 0.4) is 0 Å². The summed E-state index contributed by atoms with van der Waals surface area (Å²) < 4.78 is 4.84. The molecule has 61 heavy (non-hydrogen) atoms. The van der Waals surface area contributed by atoms with Crippen LogP contribution in [-0.4, -0.2) is 20.2 Å². The average Bonchev–Trinajstić information content (AvgIpc) is 3.29. The summed E-state index contributed by atoms with van der Waals surface area (Å²) in [4.78, 5) is 0. The van der Waals surface area contributed by atoms with Crippen molar-refractivity contribution in [1.29, 1.82) is 0 Å². The number of hydrogen-bond acceptors (Lipinski definition) is 0. The van der Waals surface area contributed by atoms with E-state index in [4.69, 9.17) is 0 Å². The van der Waals surface area contributed by atoms with Crippen LogP contribution >= 0.6 is 0 Å². The van der Waals surface area contributed by atoms with Gasteiger partial charge in [-0.05, 0) is 0 Å². The van der Waals surface area contributed by atoms with Crippen LogP contribution in [0.15, 0.2) is 72.8 Å². The van der Waals surface area contributed by atoms with Gasteiger partial charge in [0.05, 0.1) is 0 Å². The molecule has 0 unspecified atom stereocenters. The van der Waals surface area contributed by atoms with Gasteiger partial charge in [-0.1, -0.05) is 117 Å². The van der Waals surface area contributed by atoms with E-state index in [0.29, 0.717) is 0 Å². The minimum absolute atomic E-state index is 1.23. The van der Waals surface area contributed by atoms with E-state index in [0.717, 1.165) is 0 Å². The summed E-state index contributed by atoms with van der Waals surface area (Å²) in [7, 11) is 0. The van der Waals surface area contributed by atoms with E-state index >= 15 is 0 Å². The Bertz CT molecular complexity index is 1180. The molecule has 0 aromatic heterocycles. The van der Waals surface area contributed by atoms with Gasteiger partial charge in [-0.25, -0.2) is 0 Å².